The molecular formula is C21H20O. The van der Waals surface area contributed by atoms with Crippen molar-refractivity contribution in [3.63, 3.8) is 0 Å². The molecule has 1 aliphatic carbocycles. The van der Waals surface area contributed by atoms with Crippen LogP contribution in [0, 0.1) is 0 Å². The molecular weight excluding hydrogens is 268 g/mol. The average Bonchev–Trinajstić information content (AvgIpc) is 2.61. The van der Waals surface area contributed by atoms with Crippen molar-refractivity contribution in [2.75, 3.05) is 0 Å². The summed E-state index contributed by atoms with van der Waals surface area (Å²) in [6.45, 7) is 0. The summed E-state index contributed by atoms with van der Waals surface area (Å²) in [5, 5.41) is 0. The first-order valence-corrected chi connectivity index (χ1v) is 7.88. The number of allylic oxidation sites excluding steroid dienone is 3. The van der Waals surface area contributed by atoms with Crippen molar-refractivity contribution >= 4 is 17.9 Å². The van der Waals surface area contributed by atoms with Gasteiger partial charge in [-0.3, -0.25) is 4.79 Å². The second kappa shape index (κ2) is 7.04. The number of rotatable bonds is 4. The Hall–Kier alpha value is -2.41. The van der Waals surface area contributed by atoms with Crippen molar-refractivity contribution in [3.8, 4) is 0 Å². The molecule has 22 heavy (non-hydrogen) atoms. The Balaban J connectivity index is 1.99. The highest BCUT2D eigenvalue weighted by atomic mass is 16.1. The summed E-state index contributed by atoms with van der Waals surface area (Å²) in [5.74, 6) is 0. The molecule has 0 saturated heterocycles. The van der Waals surface area contributed by atoms with Gasteiger partial charge in [-0.05, 0) is 48.0 Å². The first kappa shape index (κ1) is 14.5. The number of carbonyl (C=O) groups excluding carboxylic acids is 1. The average molecular weight is 288 g/mol. The lowest BCUT2D eigenvalue weighted by Gasteiger charge is -2.19. The summed E-state index contributed by atoms with van der Waals surface area (Å²) >= 11 is 0. The zero-order valence-electron chi connectivity index (χ0n) is 12.7. The molecule has 0 atom stereocenters. The van der Waals surface area contributed by atoms with Gasteiger partial charge in [-0.1, -0.05) is 66.7 Å². The Morgan fingerprint density at radius 3 is 2.32 bits per heavy atom. The SMILES string of the molecule is O=Cc1ccccc1C1=C(/C=C/c2ccccc2)CCCC1. The molecule has 0 aromatic heterocycles. The van der Waals surface area contributed by atoms with Crippen LogP contribution in [0.4, 0.5) is 0 Å². The van der Waals surface area contributed by atoms with Crippen LogP contribution in [0.25, 0.3) is 11.6 Å². The minimum absolute atomic E-state index is 0.796. The molecule has 1 nitrogen and oxygen atoms in total. The minimum Gasteiger partial charge on any atom is -0.298 e. The summed E-state index contributed by atoms with van der Waals surface area (Å²) in [5.41, 5.74) is 5.81. The number of hydrogen-bond donors (Lipinski definition) is 0. The predicted octanol–water partition coefficient (Wildman–Crippen LogP) is 5.54. The molecule has 1 aliphatic rings. The predicted molar refractivity (Wildman–Crippen MR) is 92.7 cm³/mol. The van der Waals surface area contributed by atoms with E-state index in [1.165, 1.54) is 29.6 Å². The molecule has 0 heterocycles. The van der Waals surface area contributed by atoms with Gasteiger partial charge in [0.1, 0.15) is 0 Å². The van der Waals surface area contributed by atoms with Gasteiger partial charge in [-0.15, -0.1) is 0 Å². The van der Waals surface area contributed by atoms with Crippen LogP contribution in [-0.2, 0) is 0 Å². The number of carbonyl (C=O) groups is 1. The monoisotopic (exact) mass is 288 g/mol. The molecule has 0 fully saturated rings. The maximum absolute atomic E-state index is 11.3. The molecule has 0 radical (unpaired) electrons. The van der Waals surface area contributed by atoms with Crippen LogP contribution in [0.1, 0.15) is 47.2 Å². The highest BCUT2D eigenvalue weighted by molar-refractivity contribution is 5.87. The number of aldehydes is 1. The lowest BCUT2D eigenvalue weighted by atomic mass is 9.85. The summed E-state index contributed by atoms with van der Waals surface area (Å²) in [6.07, 6.45) is 9.93. The highest BCUT2D eigenvalue weighted by Gasteiger charge is 2.14. The fourth-order valence-electron chi connectivity index (χ4n) is 3.06. The fourth-order valence-corrected chi connectivity index (χ4v) is 3.06. The van der Waals surface area contributed by atoms with E-state index in [4.69, 9.17) is 0 Å². The van der Waals surface area contributed by atoms with Crippen LogP contribution >= 0.6 is 0 Å². The van der Waals surface area contributed by atoms with Gasteiger partial charge in [0.15, 0.2) is 6.29 Å². The van der Waals surface area contributed by atoms with E-state index in [0.29, 0.717) is 0 Å². The van der Waals surface area contributed by atoms with Crippen LogP contribution < -0.4 is 0 Å². The van der Waals surface area contributed by atoms with Crippen molar-refractivity contribution in [2.24, 2.45) is 0 Å². The van der Waals surface area contributed by atoms with E-state index in [2.05, 4.69) is 42.5 Å². The minimum atomic E-state index is 0.796. The third-order valence-electron chi connectivity index (χ3n) is 4.20. The summed E-state index contributed by atoms with van der Waals surface area (Å²) < 4.78 is 0. The van der Waals surface area contributed by atoms with Crippen molar-refractivity contribution in [2.45, 2.75) is 25.7 Å². The van der Waals surface area contributed by atoms with Crippen LogP contribution in [0.2, 0.25) is 0 Å². The molecule has 2 aromatic rings. The van der Waals surface area contributed by atoms with Crippen molar-refractivity contribution < 1.29 is 4.79 Å². The molecule has 0 aliphatic heterocycles. The summed E-state index contributed by atoms with van der Waals surface area (Å²) in [7, 11) is 0. The maximum Gasteiger partial charge on any atom is 0.150 e. The second-order valence-electron chi connectivity index (χ2n) is 5.66. The van der Waals surface area contributed by atoms with Crippen LogP contribution in [0.5, 0.6) is 0 Å². The van der Waals surface area contributed by atoms with Crippen LogP contribution in [-0.4, -0.2) is 6.29 Å². The Morgan fingerprint density at radius 1 is 0.773 bits per heavy atom. The Morgan fingerprint density at radius 2 is 1.50 bits per heavy atom. The lowest BCUT2D eigenvalue weighted by molar-refractivity contribution is 0.112. The van der Waals surface area contributed by atoms with Crippen LogP contribution in [0.15, 0.2) is 66.2 Å². The maximum atomic E-state index is 11.3. The quantitative estimate of drug-likeness (QED) is 0.675. The van der Waals surface area contributed by atoms with E-state index in [1.54, 1.807) is 0 Å². The molecule has 3 rings (SSSR count). The smallest absolute Gasteiger partial charge is 0.150 e. The lowest BCUT2D eigenvalue weighted by Crippen LogP contribution is -2.00. The molecule has 2 aromatic carbocycles. The molecule has 0 N–H and O–H groups in total. The van der Waals surface area contributed by atoms with Gasteiger partial charge in [0.05, 0.1) is 0 Å². The zero-order chi connectivity index (χ0) is 15.2. The van der Waals surface area contributed by atoms with E-state index in [-0.39, 0.29) is 0 Å². The van der Waals surface area contributed by atoms with Crippen molar-refractivity contribution in [3.05, 3.63) is 82.9 Å². The van der Waals surface area contributed by atoms with Gasteiger partial charge >= 0.3 is 0 Å². The number of hydrogen-bond acceptors (Lipinski definition) is 1. The summed E-state index contributed by atoms with van der Waals surface area (Å²) in [4.78, 5) is 11.3. The molecule has 0 spiro atoms. The van der Waals surface area contributed by atoms with Gasteiger partial charge in [0, 0.05) is 5.56 Å². The van der Waals surface area contributed by atoms with Crippen LogP contribution in [0.3, 0.4) is 0 Å². The molecule has 0 amide bonds. The largest absolute Gasteiger partial charge is 0.298 e. The van der Waals surface area contributed by atoms with Gasteiger partial charge < -0.3 is 0 Å². The number of benzene rings is 2. The van der Waals surface area contributed by atoms with E-state index < -0.39 is 0 Å². The van der Waals surface area contributed by atoms with Crippen molar-refractivity contribution in [1.82, 2.24) is 0 Å². The molecule has 1 heteroatoms. The van der Waals surface area contributed by atoms with E-state index in [0.717, 1.165) is 30.3 Å². The summed E-state index contributed by atoms with van der Waals surface area (Å²) in [6, 6.07) is 18.3. The molecule has 0 saturated carbocycles. The molecule has 0 unspecified atom stereocenters. The first-order valence-electron chi connectivity index (χ1n) is 7.88. The van der Waals surface area contributed by atoms with E-state index in [9.17, 15) is 4.79 Å². The van der Waals surface area contributed by atoms with E-state index >= 15 is 0 Å². The third kappa shape index (κ3) is 3.25. The standard InChI is InChI=1S/C21H20O/c22-16-19-11-5-7-13-21(19)20-12-6-4-10-18(20)15-14-17-8-2-1-3-9-17/h1-3,5,7-9,11,13-16H,4,6,10,12H2/b15-14+. The zero-order valence-corrected chi connectivity index (χ0v) is 12.7. The topological polar surface area (TPSA) is 17.1 Å². The Kier molecular flexibility index (Phi) is 4.65. The van der Waals surface area contributed by atoms with E-state index in [1.807, 2.05) is 24.3 Å². The Bertz CT molecular complexity index is 708. The van der Waals surface area contributed by atoms with Gasteiger partial charge in [-0.2, -0.15) is 0 Å². The molecule has 110 valence electrons. The third-order valence-corrected chi connectivity index (χ3v) is 4.20. The normalized spacial score (nSPS) is 15.3. The van der Waals surface area contributed by atoms with Gasteiger partial charge in [0.25, 0.3) is 0 Å². The Labute approximate surface area is 132 Å². The van der Waals surface area contributed by atoms with Gasteiger partial charge in [-0.25, -0.2) is 0 Å². The van der Waals surface area contributed by atoms with Crippen molar-refractivity contribution in [1.29, 1.82) is 0 Å². The first-order chi connectivity index (χ1) is 10.9. The van der Waals surface area contributed by atoms with Gasteiger partial charge in [0.2, 0.25) is 0 Å². The molecule has 0 bridgehead atoms. The second-order valence-corrected chi connectivity index (χ2v) is 5.66. The fraction of sp³-hybridized carbons (Fsp3) is 0.190. The highest BCUT2D eigenvalue weighted by Crippen LogP contribution is 2.34.